The van der Waals surface area contributed by atoms with Crippen molar-refractivity contribution in [3.8, 4) is 5.69 Å². The second-order valence-electron chi connectivity index (χ2n) is 5.17. The number of hydrogen-bond acceptors (Lipinski definition) is 4. The number of aliphatic hydroxyl groups excluding tert-OH is 1. The zero-order chi connectivity index (χ0) is 13.9. The minimum Gasteiger partial charge on any atom is -0.393 e. The van der Waals surface area contributed by atoms with Gasteiger partial charge in [0.2, 0.25) is 0 Å². The summed E-state index contributed by atoms with van der Waals surface area (Å²) in [6, 6.07) is 10.0. The van der Waals surface area contributed by atoms with E-state index in [-0.39, 0.29) is 6.10 Å². The lowest BCUT2D eigenvalue weighted by molar-refractivity contribution is 0.145. The van der Waals surface area contributed by atoms with Crippen LogP contribution in [0.3, 0.4) is 0 Å². The Kier molecular flexibility index (Phi) is 3.71. The quantitative estimate of drug-likeness (QED) is 0.883. The average molecular weight is 272 g/mol. The van der Waals surface area contributed by atoms with E-state index in [9.17, 15) is 5.11 Å². The van der Waals surface area contributed by atoms with Crippen LogP contribution in [0.15, 0.2) is 36.5 Å². The molecule has 5 nitrogen and oxygen atoms in total. The molecule has 1 aromatic heterocycles. The van der Waals surface area contributed by atoms with E-state index in [0.717, 1.165) is 43.0 Å². The topological polar surface area (TPSA) is 67.3 Å². The van der Waals surface area contributed by atoms with E-state index in [2.05, 4.69) is 10.00 Å². The molecule has 0 amide bonds. The monoisotopic (exact) mass is 272 g/mol. The molecule has 0 saturated carbocycles. The van der Waals surface area contributed by atoms with Crippen LogP contribution in [0.5, 0.6) is 0 Å². The molecule has 0 spiro atoms. The number of piperidine rings is 1. The third-order valence-corrected chi connectivity index (χ3v) is 3.82. The Morgan fingerprint density at radius 3 is 2.70 bits per heavy atom. The highest BCUT2D eigenvalue weighted by Crippen LogP contribution is 2.20. The van der Waals surface area contributed by atoms with Gasteiger partial charge in [-0.15, -0.1) is 0 Å². The number of para-hydroxylation sites is 1. The van der Waals surface area contributed by atoms with Gasteiger partial charge < -0.3 is 15.7 Å². The lowest BCUT2D eigenvalue weighted by atomic mass is 10.1. The standard InChI is InChI=1S/C15H20N4O/c16-11-12-3-1-2-4-14(12)19-10-7-15(17-19)18-8-5-13(20)6-9-18/h1-4,7,10,13,20H,5-6,8-9,11,16H2. The Hall–Kier alpha value is -1.85. The van der Waals surface area contributed by atoms with Crippen molar-refractivity contribution in [1.29, 1.82) is 0 Å². The second-order valence-corrected chi connectivity index (χ2v) is 5.17. The fourth-order valence-electron chi connectivity index (χ4n) is 2.62. The smallest absolute Gasteiger partial charge is 0.151 e. The molecule has 1 aliphatic rings. The van der Waals surface area contributed by atoms with E-state index in [0.29, 0.717) is 6.54 Å². The Morgan fingerprint density at radius 2 is 1.95 bits per heavy atom. The lowest BCUT2D eigenvalue weighted by Gasteiger charge is -2.29. The van der Waals surface area contributed by atoms with Gasteiger partial charge in [0.25, 0.3) is 0 Å². The van der Waals surface area contributed by atoms with Crippen LogP contribution in [0.4, 0.5) is 5.82 Å². The molecule has 0 unspecified atom stereocenters. The van der Waals surface area contributed by atoms with Crippen LogP contribution in [-0.4, -0.2) is 34.1 Å². The zero-order valence-electron chi connectivity index (χ0n) is 11.4. The summed E-state index contributed by atoms with van der Waals surface area (Å²) in [5.74, 6) is 0.962. The van der Waals surface area contributed by atoms with Crippen molar-refractivity contribution in [3.05, 3.63) is 42.1 Å². The minimum atomic E-state index is -0.161. The zero-order valence-corrected chi connectivity index (χ0v) is 11.4. The predicted molar refractivity (Wildman–Crippen MR) is 78.9 cm³/mol. The molecule has 0 atom stereocenters. The van der Waals surface area contributed by atoms with E-state index in [1.807, 2.05) is 41.2 Å². The highest BCUT2D eigenvalue weighted by Gasteiger charge is 2.19. The molecule has 1 aromatic carbocycles. The Morgan fingerprint density at radius 1 is 1.20 bits per heavy atom. The summed E-state index contributed by atoms with van der Waals surface area (Å²) in [5, 5.41) is 14.2. The third kappa shape index (κ3) is 2.55. The first-order valence-corrected chi connectivity index (χ1v) is 7.05. The van der Waals surface area contributed by atoms with Crippen LogP contribution in [0.2, 0.25) is 0 Å². The van der Waals surface area contributed by atoms with E-state index in [1.54, 1.807) is 0 Å². The van der Waals surface area contributed by atoms with E-state index < -0.39 is 0 Å². The number of anilines is 1. The molecule has 2 aromatic rings. The van der Waals surface area contributed by atoms with Crippen molar-refractivity contribution in [3.63, 3.8) is 0 Å². The normalized spacial score (nSPS) is 16.6. The summed E-state index contributed by atoms with van der Waals surface area (Å²) in [4.78, 5) is 2.22. The van der Waals surface area contributed by atoms with E-state index >= 15 is 0 Å². The molecule has 106 valence electrons. The van der Waals surface area contributed by atoms with Crippen LogP contribution in [-0.2, 0) is 6.54 Å². The predicted octanol–water partition coefficient (Wildman–Crippen LogP) is 1.29. The Balaban J connectivity index is 1.83. The van der Waals surface area contributed by atoms with Gasteiger partial charge in [0.15, 0.2) is 5.82 Å². The number of hydrogen-bond donors (Lipinski definition) is 2. The van der Waals surface area contributed by atoms with Crippen molar-refractivity contribution in [2.45, 2.75) is 25.5 Å². The number of benzene rings is 1. The fourth-order valence-corrected chi connectivity index (χ4v) is 2.62. The molecule has 1 saturated heterocycles. The average Bonchev–Trinajstić information content (AvgIpc) is 2.97. The summed E-state index contributed by atoms with van der Waals surface area (Å²) in [6.07, 6.45) is 3.43. The molecule has 1 aliphatic heterocycles. The third-order valence-electron chi connectivity index (χ3n) is 3.82. The summed E-state index contributed by atoms with van der Waals surface area (Å²) in [7, 11) is 0. The van der Waals surface area contributed by atoms with Crippen LogP contribution in [0, 0.1) is 0 Å². The van der Waals surface area contributed by atoms with Gasteiger partial charge in [0.05, 0.1) is 11.8 Å². The first-order chi connectivity index (χ1) is 9.78. The van der Waals surface area contributed by atoms with Gasteiger partial charge in [-0.1, -0.05) is 18.2 Å². The first kappa shape index (κ1) is 13.1. The van der Waals surface area contributed by atoms with Crippen LogP contribution < -0.4 is 10.6 Å². The fraction of sp³-hybridized carbons (Fsp3) is 0.400. The highest BCUT2D eigenvalue weighted by molar-refractivity contribution is 5.44. The van der Waals surface area contributed by atoms with Crippen molar-refractivity contribution < 1.29 is 5.11 Å². The number of aliphatic hydroxyl groups is 1. The number of nitrogens with zero attached hydrogens (tertiary/aromatic N) is 3. The van der Waals surface area contributed by atoms with Crippen LogP contribution in [0.25, 0.3) is 5.69 Å². The van der Waals surface area contributed by atoms with Crippen molar-refractivity contribution in [1.82, 2.24) is 9.78 Å². The van der Waals surface area contributed by atoms with Gasteiger partial charge in [-0.25, -0.2) is 4.68 Å². The summed E-state index contributed by atoms with van der Waals surface area (Å²) in [6.45, 7) is 2.22. The Bertz CT molecular complexity index is 573. The molecule has 0 aliphatic carbocycles. The molecule has 5 heteroatoms. The first-order valence-electron chi connectivity index (χ1n) is 7.05. The number of rotatable bonds is 3. The summed E-state index contributed by atoms with van der Waals surface area (Å²) >= 11 is 0. The molecule has 1 fully saturated rings. The molecular formula is C15H20N4O. The van der Waals surface area contributed by atoms with Crippen molar-refractivity contribution >= 4 is 5.82 Å². The molecule has 0 bridgehead atoms. The summed E-state index contributed by atoms with van der Waals surface area (Å²) < 4.78 is 1.88. The summed E-state index contributed by atoms with van der Waals surface area (Å²) in [5.41, 5.74) is 7.88. The molecule has 20 heavy (non-hydrogen) atoms. The second kappa shape index (κ2) is 5.64. The molecule has 0 radical (unpaired) electrons. The van der Waals surface area contributed by atoms with Crippen LogP contribution in [0.1, 0.15) is 18.4 Å². The maximum absolute atomic E-state index is 9.56. The molecule has 2 heterocycles. The SMILES string of the molecule is NCc1ccccc1-n1ccc(N2CCC(O)CC2)n1. The van der Waals surface area contributed by atoms with Gasteiger partial charge in [-0.2, -0.15) is 5.10 Å². The van der Waals surface area contributed by atoms with E-state index in [4.69, 9.17) is 5.73 Å². The van der Waals surface area contributed by atoms with Gasteiger partial charge in [-0.3, -0.25) is 0 Å². The van der Waals surface area contributed by atoms with Gasteiger partial charge in [-0.05, 0) is 24.5 Å². The molecule has 3 rings (SSSR count). The maximum Gasteiger partial charge on any atom is 0.151 e. The van der Waals surface area contributed by atoms with Crippen molar-refractivity contribution in [2.75, 3.05) is 18.0 Å². The van der Waals surface area contributed by atoms with Crippen molar-refractivity contribution in [2.24, 2.45) is 5.73 Å². The highest BCUT2D eigenvalue weighted by atomic mass is 16.3. The molecule has 3 N–H and O–H groups in total. The largest absolute Gasteiger partial charge is 0.393 e. The number of aromatic nitrogens is 2. The molecular weight excluding hydrogens is 252 g/mol. The van der Waals surface area contributed by atoms with Gasteiger partial charge in [0, 0.05) is 31.9 Å². The number of nitrogens with two attached hydrogens (primary N) is 1. The maximum atomic E-state index is 9.56. The van der Waals surface area contributed by atoms with Gasteiger partial charge >= 0.3 is 0 Å². The van der Waals surface area contributed by atoms with Gasteiger partial charge in [0.1, 0.15) is 0 Å². The lowest BCUT2D eigenvalue weighted by Crippen LogP contribution is -2.36. The van der Waals surface area contributed by atoms with E-state index in [1.165, 1.54) is 0 Å². The Labute approximate surface area is 118 Å². The van der Waals surface area contributed by atoms with Crippen LogP contribution >= 0.6 is 0 Å². The minimum absolute atomic E-state index is 0.161.